The fourth-order valence-electron chi connectivity index (χ4n) is 2.19. The van der Waals surface area contributed by atoms with Crippen LogP contribution in [-0.2, 0) is 0 Å². The monoisotopic (exact) mass is 266 g/mol. The number of nitrogens with zero attached hydrogens (tertiary/aromatic N) is 1. The molecule has 0 spiro atoms. The van der Waals surface area contributed by atoms with E-state index in [2.05, 4.69) is 5.32 Å². The molecule has 1 amide bonds. The van der Waals surface area contributed by atoms with E-state index in [1.165, 1.54) is 18.3 Å². The molecule has 18 heavy (non-hydrogen) atoms. The van der Waals surface area contributed by atoms with Gasteiger partial charge in [-0.3, -0.25) is 9.59 Å². The number of carbonyl (C=O) groups excluding carboxylic acids is 2. The van der Waals surface area contributed by atoms with Crippen molar-refractivity contribution < 1.29 is 9.59 Å². The molecule has 0 aromatic carbocycles. The van der Waals surface area contributed by atoms with Gasteiger partial charge in [0.05, 0.1) is 4.88 Å². The molecule has 5 heteroatoms. The quantitative estimate of drug-likeness (QED) is 0.848. The van der Waals surface area contributed by atoms with Crippen molar-refractivity contribution in [1.29, 1.82) is 0 Å². The number of thiophene rings is 1. The number of ketones is 1. The van der Waals surface area contributed by atoms with Crippen LogP contribution >= 0.6 is 11.3 Å². The van der Waals surface area contributed by atoms with E-state index >= 15 is 0 Å². The molecule has 1 aromatic heterocycles. The molecule has 1 unspecified atom stereocenters. The number of carbonyl (C=O) groups is 2. The van der Waals surface area contributed by atoms with E-state index in [1.807, 2.05) is 11.9 Å². The van der Waals surface area contributed by atoms with Crippen LogP contribution < -0.4 is 5.32 Å². The molecule has 98 valence electrons. The van der Waals surface area contributed by atoms with Gasteiger partial charge in [0.1, 0.15) is 0 Å². The maximum atomic E-state index is 12.3. The summed E-state index contributed by atoms with van der Waals surface area (Å²) in [4.78, 5) is 26.1. The highest BCUT2D eigenvalue weighted by Gasteiger charge is 2.24. The van der Waals surface area contributed by atoms with Crippen LogP contribution in [0.25, 0.3) is 0 Å². The SMILES string of the molecule is CNC1CCCN(C(=O)c2cc(C(C)=O)cs2)C1. The Balaban J connectivity index is 2.07. The summed E-state index contributed by atoms with van der Waals surface area (Å²) in [6.07, 6.45) is 2.14. The number of nitrogens with one attached hydrogen (secondary N) is 1. The molecule has 0 bridgehead atoms. The van der Waals surface area contributed by atoms with Gasteiger partial charge < -0.3 is 10.2 Å². The van der Waals surface area contributed by atoms with Crippen LogP contribution in [0.1, 0.15) is 39.8 Å². The Bertz CT molecular complexity index is 456. The van der Waals surface area contributed by atoms with Gasteiger partial charge in [0.2, 0.25) is 0 Å². The van der Waals surface area contributed by atoms with Gasteiger partial charge in [-0.2, -0.15) is 0 Å². The second-order valence-corrected chi connectivity index (χ2v) is 5.55. The van der Waals surface area contributed by atoms with E-state index < -0.39 is 0 Å². The number of amides is 1. The number of hydrogen-bond donors (Lipinski definition) is 1. The molecule has 2 heterocycles. The number of likely N-dealkylation sites (tertiary alicyclic amines) is 1. The van der Waals surface area contributed by atoms with E-state index in [0.717, 1.165) is 25.9 Å². The largest absolute Gasteiger partial charge is 0.336 e. The second-order valence-electron chi connectivity index (χ2n) is 4.63. The lowest BCUT2D eigenvalue weighted by molar-refractivity contribution is 0.0703. The number of piperidine rings is 1. The molecular formula is C13H18N2O2S. The Kier molecular flexibility index (Phi) is 4.14. The van der Waals surface area contributed by atoms with Crippen molar-refractivity contribution >= 4 is 23.0 Å². The summed E-state index contributed by atoms with van der Waals surface area (Å²) in [5.74, 6) is 0.0597. The van der Waals surface area contributed by atoms with Crippen LogP contribution in [-0.4, -0.2) is 42.8 Å². The zero-order valence-corrected chi connectivity index (χ0v) is 11.5. The Hall–Kier alpha value is -1.20. The van der Waals surface area contributed by atoms with Gasteiger partial charge >= 0.3 is 0 Å². The van der Waals surface area contributed by atoms with Gasteiger partial charge in [-0.25, -0.2) is 0 Å². The van der Waals surface area contributed by atoms with Crippen molar-refractivity contribution in [3.63, 3.8) is 0 Å². The molecule has 4 nitrogen and oxygen atoms in total. The Morgan fingerprint density at radius 2 is 2.28 bits per heavy atom. The third kappa shape index (κ3) is 2.79. The number of likely N-dealkylation sites (N-methyl/N-ethyl adjacent to an activating group) is 1. The van der Waals surface area contributed by atoms with E-state index in [-0.39, 0.29) is 11.7 Å². The lowest BCUT2D eigenvalue weighted by Crippen LogP contribution is -2.46. The molecule has 1 aromatic rings. The summed E-state index contributed by atoms with van der Waals surface area (Å²) >= 11 is 1.36. The third-order valence-electron chi connectivity index (χ3n) is 3.33. The highest BCUT2D eigenvalue weighted by Crippen LogP contribution is 2.20. The fourth-order valence-corrected chi connectivity index (χ4v) is 3.10. The first-order valence-electron chi connectivity index (χ1n) is 6.18. The molecule has 2 rings (SSSR count). The molecule has 1 N–H and O–H groups in total. The zero-order valence-electron chi connectivity index (χ0n) is 10.7. The van der Waals surface area contributed by atoms with Crippen molar-refractivity contribution in [2.45, 2.75) is 25.8 Å². The molecule has 1 aliphatic heterocycles. The summed E-state index contributed by atoms with van der Waals surface area (Å²) in [6, 6.07) is 2.09. The van der Waals surface area contributed by atoms with E-state index in [1.54, 1.807) is 11.4 Å². The van der Waals surface area contributed by atoms with Gasteiger partial charge in [-0.1, -0.05) is 0 Å². The van der Waals surface area contributed by atoms with Crippen LogP contribution in [0.5, 0.6) is 0 Å². The average molecular weight is 266 g/mol. The smallest absolute Gasteiger partial charge is 0.263 e. The minimum Gasteiger partial charge on any atom is -0.336 e. The fraction of sp³-hybridized carbons (Fsp3) is 0.538. The number of hydrogen-bond acceptors (Lipinski definition) is 4. The van der Waals surface area contributed by atoms with Crippen molar-refractivity contribution in [3.05, 3.63) is 21.9 Å². The number of rotatable bonds is 3. The average Bonchev–Trinajstić information content (AvgIpc) is 2.87. The molecule has 1 aliphatic rings. The third-order valence-corrected chi connectivity index (χ3v) is 4.25. The second kappa shape index (κ2) is 5.63. The lowest BCUT2D eigenvalue weighted by Gasteiger charge is -2.32. The van der Waals surface area contributed by atoms with E-state index in [4.69, 9.17) is 0 Å². The van der Waals surface area contributed by atoms with Crippen molar-refractivity contribution in [3.8, 4) is 0 Å². The van der Waals surface area contributed by atoms with E-state index in [9.17, 15) is 9.59 Å². The van der Waals surface area contributed by atoms with E-state index in [0.29, 0.717) is 16.5 Å². The maximum absolute atomic E-state index is 12.3. The zero-order chi connectivity index (χ0) is 13.1. The molecule has 1 saturated heterocycles. The lowest BCUT2D eigenvalue weighted by atomic mass is 10.1. The first kappa shape index (κ1) is 13.2. The Morgan fingerprint density at radius 3 is 2.89 bits per heavy atom. The summed E-state index contributed by atoms with van der Waals surface area (Å²) in [6.45, 7) is 3.08. The predicted molar refractivity (Wildman–Crippen MR) is 72.3 cm³/mol. The normalized spacial score (nSPS) is 19.9. The molecule has 0 radical (unpaired) electrons. The standard InChI is InChI=1S/C13H18N2O2S/c1-9(16)10-6-12(18-8-10)13(17)15-5-3-4-11(7-15)14-2/h6,8,11,14H,3-5,7H2,1-2H3. The van der Waals surface area contributed by atoms with Crippen molar-refractivity contribution in [1.82, 2.24) is 10.2 Å². The summed E-state index contributed by atoms with van der Waals surface area (Å²) < 4.78 is 0. The Labute approximate surface area is 111 Å². The van der Waals surface area contributed by atoms with Crippen molar-refractivity contribution in [2.75, 3.05) is 20.1 Å². The first-order valence-corrected chi connectivity index (χ1v) is 7.05. The van der Waals surface area contributed by atoms with Gasteiger partial charge in [0.15, 0.2) is 5.78 Å². The van der Waals surface area contributed by atoms with Gasteiger partial charge in [0, 0.05) is 30.1 Å². The maximum Gasteiger partial charge on any atom is 0.263 e. The van der Waals surface area contributed by atoms with Crippen LogP contribution in [0.15, 0.2) is 11.4 Å². The summed E-state index contributed by atoms with van der Waals surface area (Å²) in [7, 11) is 1.93. The van der Waals surface area contributed by atoms with Gasteiger partial charge in [-0.15, -0.1) is 11.3 Å². The Morgan fingerprint density at radius 1 is 1.50 bits per heavy atom. The van der Waals surface area contributed by atoms with Gasteiger partial charge in [-0.05, 0) is 32.9 Å². The van der Waals surface area contributed by atoms with Crippen LogP contribution in [0.2, 0.25) is 0 Å². The molecule has 1 atom stereocenters. The number of Topliss-reactive ketones (excluding diaryl/α,β-unsaturated/α-hetero) is 1. The molecule has 0 saturated carbocycles. The first-order chi connectivity index (χ1) is 8.61. The molecular weight excluding hydrogens is 248 g/mol. The molecule has 1 fully saturated rings. The highest BCUT2D eigenvalue weighted by atomic mass is 32.1. The predicted octanol–water partition coefficient (Wildman–Crippen LogP) is 1.77. The van der Waals surface area contributed by atoms with Crippen molar-refractivity contribution in [2.24, 2.45) is 0 Å². The summed E-state index contributed by atoms with van der Waals surface area (Å²) in [5, 5.41) is 4.98. The summed E-state index contributed by atoms with van der Waals surface area (Å²) in [5.41, 5.74) is 0.630. The van der Waals surface area contributed by atoms with Crippen LogP contribution in [0.4, 0.5) is 0 Å². The van der Waals surface area contributed by atoms with Crippen LogP contribution in [0, 0.1) is 0 Å². The van der Waals surface area contributed by atoms with Crippen LogP contribution in [0.3, 0.4) is 0 Å². The highest BCUT2D eigenvalue weighted by molar-refractivity contribution is 7.12. The minimum absolute atomic E-state index is 0.0112. The molecule has 0 aliphatic carbocycles. The minimum atomic E-state index is 0.0112. The van der Waals surface area contributed by atoms with Gasteiger partial charge in [0.25, 0.3) is 5.91 Å². The topological polar surface area (TPSA) is 49.4 Å².